The second kappa shape index (κ2) is 6.97. The van der Waals surface area contributed by atoms with Crippen molar-refractivity contribution < 1.29 is 14.6 Å². The molecule has 0 bridgehead atoms. The SMILES string of the molecule is CCCCOC1CC(NC(=O)N(C)CC(C)(C)O)C1(C)C. The van der Waals surface area contributed by atoms with E-state index in [1.807, 2.05) is 0 Å². The summed E-state index contributed by atoms with van der Waals surface area (Å²) < 4.78 is 5.88. The topological polar surface area (TPSA) is 61.8 Å². The van der Waals surface area contributed by atoms with Crippen LogP contribution in [0.3, 0.4) is 0 Å². The molecule has 0 aliphatic heterocycles. The monoisotopic (exact) mass is 300 g/mol. The third kappa shape index (κ3) is 5.15. The van der Waals surface area contributed by atoms with Gasteiger partial charge in [0.25, 0.3) is 0 Å². The number of unbranched alkanes of at least 4 members (excludes halogenated alkanes) is 1. The summed E-state index contributed by atoms with van der Waals surface area (Å²) in [6, 6.07) is -0.0110. The van der Waals surface area contributed by atoms with Crippen LogP contribution in [-0.4, -0.2) is 54.0 Å². The molecule has 0 aromatic heterocycles. The lowest BCUT2D eigenvalue weighted by Crippen LogP contribution is -2.63. The summed E-state index contributed by atoms with van der Waals surface area (Å²) in [6.45, 7) is 10.9. The Bertz CT molecular complexity index is 350. The molecule has 0 saturated heterocycles. The lowest BCUT2D eigenvalue weighted by molar-refractivity contribution is -0.115. The average Bonchev–Trinajstić information content (AvgIpc) is 2.34. The maximum absolute atomic E-state index is 12.1. The summed E-state index contributed by atoms with van der Waals surface area (Å²) in [5.74, 6) is 0. The normalized spacial score (nSPS) is 24.3. The number of nitrogens with one attached hydrogen (secondary N) is 1. The fourth-order valence-corrected chi connectivity index (χ4v) is 2.69. The molecule has 1 aliphatic carbocycles. The number of carbonyl (C=O) groups is 1. The first kappa shape index (κ1) is 18.2. The van der Waals surface area contributed by atoms with E-state index in [0.717, 1.165) is 25.9 Å². The van der Waals surface area contributed by atoms with Crippen molar-refractivity contribution in [3.05, 3.63) is 0 Å². The highest BCUT2D eigenvalue weighted by atomic mass is 16.5. The van der Waals surface area contributed by atoms with E-state index in [1.165, 1.54) is 4.90 Å². The van der Waals surface area contributed by atoms with Crippen LogP contribution in [0.5, 0.6) is 0 Å². The minimum Gasteiger partial charge on any atom is -0.389 e. The predicted octanol–water partition coefficient (Wildman–Crippen LogP) is 2.38. The first-order valence-corrected chi connectivity index (χ1v) is 7.93. The van der Waals surface area contributed by atoms with E-state index in [1.54, 1.807) is 20.9 Å². The quantitative estimate of drug-likeness (QED) is 0.710. The Morgan fingerprint density at radius 1 is 1.48 bits per heavy atom. The van der Waals surface area contributed by atoms with Gasteiger partial charge in [0.15, 0.2) is 0 Å². The second-order valence-corrected chi connectivity index (χ2v) is 7.44. The van der Waals surface area contributed by atoms with Crippen LogP contribution in [0.4, 0.5) is 4.79 Å². The number of aliphatic hydroxyl groups is 1. The molecule has 0 spiro atoms. The summed E-state index contributed by atoms with van der Waals surface area (Å²) in [5, 5.41) is 12.8. The van der Waals surface area contributed by atoms with Crippen molar-refractivity contribution >= 4 is 6.03 Å². The fourth-order valence-electron chi connectivity index (χ4n) is 2.69. The lowest BCUT2D eigenvalue weighted by Gasteiger charge is -2.52. The summed E-state index contributed by atoms with van der Waals surface area (Å²) in [4.78, 5) is 13.7. The third-order valence-electron chi connectivity index (χ3n) is 4.26. The van der Waals surface area contributed by atoms with Gasteiger partial charge >= 0.3 is 6.03 Å². The molecule has 1 aliphatic rings. The number of ether oxygens (including phenoxy) is 1. The summed E-state index contributed by atoms with van der Waals surface area (Å²) >= 11 is 0. The number of nitrogens with zero attached hydrogens (tertiary/aromatic N) is 1. The van der Waals surface area contributed by atoms with Crippen LogP contribution < -0.4 is 5.32 Å². The molecule has 0 heterocycles. The largest absolute Gasteiger partial charge is 0.389 e. The molecular formula is C16H32N2O3. The molecule has 0 aromatic carbocycles. The van der Waals surface area contributed by atoms with E-state index in [-0.39, 0.29) is 23.6 Å². The van der Waals surface area contributed by atoms with Crippen LogP contribution in [0, 0.1) is 5.41 Å². The van der Waals surface area contributed by atoms with Gasteiger partial charge in [0.05, 0.1) is 18.2 Å². The van der Waals surface area contributed by atoms with Crippen LogP contribution in [0.1, 0.15) is 53.9 Å². The van der Waals surface area contributed by atoms with Gasteiger partial charge in [-0.05, 0) is 26.7 Å². The van der Waals surface area contributed by atoms with Crippen LogP contribution in [0.15, 0.2) is 0 Å². The summed E-state index contributed by atoms with van der Waals surface area (Å²) in [6.07, 6.45) is 3.29. The number of carbonyl (C=O) groups excluding carboxylic acids is 1. The number of amides is 2. The molecular weight excluding hydrogens is 268 g/mol. The fraction of sp³-hybridized carbons (Fsp3) is 0.938. The van der Waals surface area contributed by atoms with E-state index in [4.69, 9.17) is 4.74 Å². The van der Waals surface area contributed by atoms with Crippen molar-refractivity contribution in [3.8, 4) is 0 Å². The number of hydrogen-bond acceptors (Lipinski definition) is 3. The molecule has 2 N–H and O–H groups in total. The first-order valence-electron chi connectivity index (χ1n) is 7.93. The molecule has 2 atom stereocenters. The number of hydrogen-bond donors (Lipinski definition) is 2. The Balaban J connectivity index is 2.41. The standard InChI is InChI=1S/C16H32N2O3/c1-7-8-9-21-13-10-12(16(13,4)5)17-14(19)18(6)11-15(2,3)20/h12-13,20H,7-11H2,1-6H3,(H,17,19). The van der Waals surface area contributed by atoms with Crippen molar-refractivity contribution in [1.82, 2.24) is 10.2 Å². The first-order chi connectivity index (χ1) is 9.58. The Morgan fingerprint density at radius 2 is 2.10 bits per heavy atom. The van der Waals surface area contributed by atoms with E-state index >= 15 is 0 Å². The third-order valence-corrected chi connectivity index (χ3v) is 4.26. The average molecular weight is 300 g/mol. The second-order valence-electron chi connectivity index (χ2n) is 7.44. The van der Waals surface area contributed by atoms with E-state index < -0.39 is 5.60 Å². The maximum Gasteiger partial charge on any atom is 0.317 e. The lowest BCUT2D eigenvalue weighted by atomic mass is 9.64. The van der Waals surface area contributed by atoms with Gasteiger partial charge in [-0.2, -0.15) is 0 Å². The van der Waals surface area contributed by atoms with Gasteiger partial charge in [-0.15, -0.1) is 0 Å². The molecule has 124 valence electrons. The van der Waals surface area contributed by atoms with E-state index in [0.29, 0.717) is 6.54 Å². The van der Waals surface area contributed by atoms with Gasteiger partial charge < -0.3 is 20.1 Å². The van der Waals surface area contributed by atoms with Gasteiger partial charge in [-0.3, -0.25) is 0 Å². The highest BCUT2D eigenvalue weighted by Gasteiger charge is 2.49. The Kier molecular flexibility index (Phi) is 6.05. The van der Waals surface area contributed by atoms with Crippen molar-refractivity contribution in [3.63, 3.8) is 0 Å². The van der Waals surface area contributed by atoms with Crippen molar-refractivity contribution in [1.29, 1.82) is 0 Å². The smallest absolute Gasteiger partial charge is 0.317 e. The minimum absolute atomic E-state index is 0.0427. The molecule has 2 unspecified atom stereocenters. The zero-order valence-corrected chi connectivity index (χ0v) is 14.4. The van der Waals surface area contributed by atoms with Gasteiger partial charge in [0, 0.05) is 25.1 Å². The summed E-state index contributed by atoms with van der Waals surface area (Å²) in [7, 11) is 1.70. The van der Waals surface area contributed by atoms with Crippen LogP contribution in [0.25, 0.3) is 0 Å². The number of urea groups is 1. The zero-order chi connectivity index (χ0) is 16.3. The number of rotatable bonds is 7. The van der Waals surface area contributed by atoms with E-state index in [2.05, 4.69) is 26.1 Å². The van der Waals surface area contributed by atoms with Gasteiger partial charge in [-0.1, -0.05) is 27.2 Å². The van der Waals surface area contributed by atoms with Gasteiger partial charge in [-0.25, -0.2) is 4.79 Å². The molecule has 5 heteroatoms. The van der Waals surface area contributed by atoms with Gasteiger partial charge in [0.2, 0.25) is 0 Å². The zero-order valence-electron chi connectivity index (χ0n) is 14.4. The molecule has 5 nitrogen and oxygen atoms in total. The molecule has 1 fully saturated rings. The highest BCUT2D eigenvalue weighted by Crippen LogP contribution is 2.42. The molecule has 0 radical (unpaired) electrons. The van der Waals surface area contributed by atoms with Crippen LogP contribution >= 0.6 is 0 Å². The Labute approximate surface area is 129 Å². The van der Waals surface area contributed by atoms with E-state index in [9.17, 15) is 9.90 Å². The van der Waals surface area contributed by atoms with Crippen molar-refractivity contribution in [2.75, 3.05) is 20.2 Å². The molecule has 1 saturated carbocycles. The van der Waals surface area contributed by atoms with Crippen molar-refractivity contribution in [2.24, 2.45) is 5.41 Å². The predicted molar refractivity (Wildman–Crippen MR) is 84.3 cm³/mol. The molecule has 1 rings (SSSR count). The van der Waals surface area contributed by atoms with Gasteiger partial charge in [0.1, 0.15) is 0 Å². The van der Waals surface area contributed by atoms with Crippen molar-refractivity contribution in [2.45, 2.75) is 71.6 Å². The van der Waals surface area contributed by atoms with Crippen LogP contribution in [0.2, 0.25) is 0 Å². The molecule has 0 aromatic rings. The maximum atomic E-state index is 12.1. The molecule has 21 heavy (non-hydrogen) atoms. The highest BCUT2D eigenvalue weighted by molar-refractivity contribution is 5.74. The summed E-state index contributed by atoms with van der Waals surface area (Å²) in [5.41, 5.74) is -0.925. The Hall–Kier alpha value is -0.810. The van der Waals surface area contributed by atoms with Crippen LogP contribution in [-0.2, 0) is 4.74 Å². The Morgan fingerprint density at radius 3 is 2.57 bits per heavy atom. The molecule has 2 amide bonds. The number of likely N-dealkylation sites (N-methyl/N-ethyl adjacent to an activating group) is 1. The minimum atomic E-state index is -0.882.